The van der Waals surface area contributed by atoms with E-state index in [9.17, 15) is 13.6 Å². The Bertz CT molecular complexity index is 457. The molecule has 3 nitrogen and oxygen atoms in total. The molecule has 0 spiro atoms. The van der Waals surface area contributed by atoms with Crippen molar-refractivity contribution in [2.24, 2.45) is 0 Å². The maximum Gasteiger partial charge on any atom is 0.270 e. The van der Waals surface area contributed by atoms with Crippen LogP contribution in [0.2, 0.25) is 0 Å². The second-order valence-electron chi connectivity index (χ2n) is 4.20. The van der Waals surface area contributed by atoms with Gasteiger partial charge in [0.15, 0.2) is 0 Å². The summed E-state index contributed by atoms with van der Waals surface area (Å²) in [5.74, 6) is -3.00. The number of amides is 1. The Morgan fingerprint density at radius 3 is 2.71 bits per heavy atom. The fourth-order valence-electron chi connectivity index (χ4n) is 1.69. The van der Waals surface area contributed by atoms with Gasteiger partial charge in [-0.05, 0) is 41.6 Å². The van der Waals surface area contributed by atoms with Gasteiger partial charge in [-0.15, -0.1) is 0 Å². The number of pyridine rings is 1. The van der Waals surface area contributed by atoms with Crippen LogP contribution in [0.15, 0.2) is 12.1 Å². The second-order valence-corrected chi connectivity index (χ2v) is 5.36. The van der Waals surface area contributed by atoms with Crippen molar-refractivity contribution < 1.29 is 13.6 Å². The fourth-order valence-corrected chi connectivity index (χ4v) is 1.99. The summed E-state index contributed by atoms with van der Waals surface area (Å²) in [6.45, 7) is 1.80. The molecule has 6 heteroatoms. The van der Waals surface area contributed by atoms with Crippen molar-refractivity contribution >= 4 is 28.5 Å². The van der Waals surface area contributed by atoms with E-state index in [1.54, 1.807) is 19.1 Å². The van der Waals surface area contributed by atoms with Crippen molar-refractivity contribution in [3.05, 3.63) is 27.1 Å². The van der Waals surface area contributed by atoms with E-state index in [0.29, 0.717) is 0 Å². The molecular formula is C11H11F2IN2O. The molecule has 1 aliphatic carbocycles. The molecule has 1 aromatic heterocycles. The lowest BCUT2D eigenvalue weighted by molar-refractivity contribution is -0.0901. The quantitative estimate of drug-likeness (QED) is 0.832. The highest BCUT2D eigenvalue weighted by molar-refractivity contribution is 14.1. The average molecular weight is 352 g/mol. The van der Waals surface area contributed by atoms with Gasteiger partial charge >= 0.3 is 0 Å². The fraction of sp³-hybridized carbons (Fsp3) is 0.455. The average Bonchev–Trinajstić information content (AvgIpc) is 2.19. The van der Waals surface area contributed by atoms with Crippen LogP contribution in [-0.2, 0) is 0 Å². The summed E-state index contributed by atoms with van der Waals surface area (Å²) in [4.78, 5) is 15.8. The van der Waals surface area contributed by atoms with Gasteiger partial charge in [0, 0.05) is 22.5 Å². The summed E-state index contributed by atoms with van der Waals surface area (Å²) < 4.78 is 26.1. The van der Waals surface area contributed by atoms with Gasteiger partial charge in [-0.3, -0.25) is 4.79 Å². The molecule has 1 fully saturated rings. The Labute approximate surface area is 111 Å². The summed E-state index contributed by atoms with van der Waals surface area (Å²) in [6, 6.07) is 2.95. The molecular weight excluding hydrogens is 341 g/mol. The summed E-state index contributed by atoms with van der Waals surface area (Å²) in [5, 5.41) is 2.55. The van der Waals surface area contributed by atoms with Gasteiger partial charge in [0.2, 0.25) is 0 Å². The normalized spacial score (nSPS) is 18.6. The number of aromatic nitrogens is 1. The highest BCUT2D eigenvalue weighted by Crippen LogP contribution is 2.37. The number of carbonyl (C=O) groups excluding carboxylic acids is 1. The molecule has 17 heavy (non-hydrogen) atoms. The summed E-state index contributed by atoms with van der Waals surface area (Å²) in [7, 11) is 0. The summed E-state index contributed by atoms with van der Waals surface area (Å²) in [6.07, 6.45) is -0.551. The number of halogens is 3. The van der Waals surface area contributed by atoms with E-state index in [2.05, 4.69) is 32.9 Å². The number of hydrogen-bond donors (Lipinski definition) is 1. The third-order valence-corrected chi connectivity index (χ3v) is 3.82. The van der Waals surface area contributed by atoms with Crippen LogP contribution >= 0.6 is 22.6 Å². The Hall–Kier alpha value is -0.790. The molecule has 0 atom stereocenters. The smallest absolute Gasteiger partial charge is 0.270 e. The van der Waals surface area contributed by atoms with Crippen LogP contribution in [0.1, 0.15) is 29.0 Å². The van der Waals surface area contributed by atoms with Crippen LogP contribution < -0.4 is 5.32 Å². The molecule has 2 rings (SSSR count). The SMILES string of the molecule is Cc1nc(C(=O)NC2CC(F)(F)C2)ccc1I. The molecule has 1 aromatic rings. The first kappa shape index (κ1) is 12.7. The van der Waals surface area contributed by atoms with Gasteiger partial charge in [0.25, 0.3) is 11.8 Å². The topological polar surface area (TPSA) is 42.0 Å². The molecule has 1 amide bonds. The van der Waals surface area contributed by atoms with E-state index in [1.165, 1.54) is 0 Å². The lowest BCUT2D eigenvalue weighted by Crippen LogP contribution is -2.50. The monoisotopic (exact) mass is 352 g/mol. The Kier molecular flexibility index (Phi) is 3.33. The predicted molar refractivity (Wildman–Crippen MR) is 67.1 cm³/mol. The maximum atomic E-state index is 12.6. The number of nitrogens with one attached hydrogen (secondary N) is 1. The number of nitrogens with zero attached hydrogens (tertiary/aromatic N) is 1. The number of rotatable bonds is 2. The van der Waals surface area contributed by atoms with Gasteiger partial charge in [-0.2, -0.15) is 0 Å². The highest BCUT2D eigenvalue weighted by atomic mass is 127. The zero-order chi connectivity index (χ0) is 12.6. The molecule has 1 N–H and O–H groups in total. The first-order valence-corrected chi connectivity index (χ1v) is 6.27. The zero-order valence-electron chi connectivity index (χ0n) is 9.14. The molecule has 0 saturated heterocycles. The van der Waals surface area contributed by atoms with Crippen molar-refractivity contribution in [3.8, 4) is 0 Å². The van der Waals surface area contributed by atoms with Gasteiger partial charge in [-0.1, -0.05) is 0 Å². The van der Waals surface area contributed by atoms with Crippen LogP contribution in [0.3, 0.4) is 0 Å². The molecule has 0 aliphatic heterocycles. The number of carbonyl (C=O) groups is 1. The first-order valence-electron chi connectivity index (χ1n) is 5.19. The van der Waals surface area contributed by atoms with Crippen LogP contribution in [0.4, 0.5) is 8.78 Å². The molecule has 0 aromatic carbocycles. The lowest BCUT2D eigenvalue weighted by atomic mass is 9.88. The van der Waals surface area contributed by atoms with Gasteiger partial charge in [0.05, 0.1) is 5.69 Å². The van der Waals surface area contributed by atoms with Crippen molar-refractivity contribution in [3.63, 3.8) is 0 Å². The first-order chi connectivity index (χ1) is 7.87. The second kappa shape index (κ2) is 4.47. The minimum absolute atomic E-state index is 0.276. The maximum absolute atomic E-state index is 12.6. The Balaban J connectivity index is 1.98. The molecule has 0 bridgehead atoms. The van der Waals surface area contributed by atoms with Crippen molar-refractivity contribution in [1.29, 1.82) is 0 Å². The number of aryl methyl sites for hydroxylation is 1. The molecule has 0 radical (unpaired) electrons. The van der Waals surface area contributed by atoms with E-state index in [-0.39, 0.29) is 24.4 Å². The van der Waals surface area contributed by atoms with E-state index < -0.39 is 12.0 Å². The van der Waals surface area contributed by atoms with Crippen LogP contribution in [0, 0.1) is 10.5 Å². The summed E-state index contributed by atoms with van der Waals surface area (Å²) in [5.41, 5.74) is 1.04. The predicted octanol–water partition coefficient (Wildman–Crippen LogP) is 2.52. The van der Waals surface area contributed by atoms with E-state index in [0.717, 1.165) is 9.26 Å². The Morgan fingerprint density at radius 1 is 1.53 bits per heavy atom. The van der Waals surface area contributed by atoms with Crippen LogP contribution in [0.5, 0.6) is 0 Å². The molecule has 1 aliphatic rings. The van der Waals surface area contributed by atoms with Gasteiger partial charge < -0.3 is 5.32 Å². The standard InChI is InChI=1S/C11H11F2IN2O/c1-6-8(14)2-3-9(15-6)10(17)16-7-4-11(12,13)5-7/h2-3,7H,4-5H2,1H3,(H,16,17). The number of hydrogen-bond acceptors (Lipinski definition) is 2. The van der Waals surface area contributed by atoms with E-state index in [1.807, 2.05) is 0 Å². The molecule has 1 saturated carbocycles. The van der Waals surface area contributed by atoms with E-state index in [4.69, 9.17) is 0 Å². The lowest BCUT2D eigenvalue weighted by Gasteiger charge is -2.35. The largest absolute Gasteiger partial charge is 0.348 e. The minimum Gasteiger partial charge on any atom is -0.348 e. The third-order valence-electron chi connectivity index (χ3n) is 2.68. The Morgan fingerprint density at radius 2 is 2.18 bits per heavy atom. The van der Waals surface area contributed by atoms with Crippen molar-refractivity contribution in [1.82, 2.24) is 10.3 Å². The van der Waals surface area contributed by atoms with Gasteiger partial charge in [-0.25, -0.2) is 13.8 Å². The molecule has 0 unspecified atom stereocenters. The molecule has 92 valence electrons. The minimum atomic E-state index is -2.62. The highest BCUT2D eigenvalue weighted by Gasteiger charge is 2.46. The van der Waals surface area contributed by atoms with E-state index >= 15 is 0 Å². The van der Waals surface area contributed by atoms with Crippen molar-refractivity contribution in [2.45, 2.75) is 31.7 Å². The number of alkyl halides is 2. The summed E-state index contributed by atoms with van der Waals surface area (Å²) >= 11 is 2.12. The molecule has 1 heterocycles. The van der Waals surface area contributed by atoms with Crippen LogP contribution in [0.25, 0.3) is 0 Å². The van der Waals surface area contributed by atoms with Gasteiger partial charge in [0.1, 0.15) is 5.69 Å². The third kappa shape index (κ3) is 2.91. The van der Waals surface area contributed by atoms with Crippen LogP contribution in [-0.4, -0.2) is 22.9 Å². The van der Waals surface area contributed by atoms with Crippen molar-refractivity contribution in [2.75, 3.05) is 0 Å². The zero-order valence-corrected chi connectivity index (χ0v) is 11.3.